The van der Waals surface area contributed by atoms with Gasteiger partial charge in [-0.25, -0.2) is 9.67 Å². The fraction of sp³-hybridized carbons (Fsp3) is 0.0816. The summed E-state index contributed by atoms with van der Waals surface area (Å²) < 4.78 is 38.7. The fourth-order valence-electron chi connectivity index (χ4n) is 7.42. The standard InChI is InChI=1S/C40H31N3.C9H7F3N4.Pt/c1-6-16-32(17-7-1)39(33-18-8-2-9-19-33)43-30-38(41-42-43)31-26-28-37(29-27-31)40(34-20-10-3-11-21-34,35-22-12-4-13-23-35)36-24-14-5-15-25-36;1-5-2-3-13-6(4-5)7-14-8(16-15-7)9(10,11)12;/h1-30,39H;2-4H,1H3,(H,14,15,16);/q;;+2. The van der Waals surface area contributed by atoms with E-state index in [2.05, 4.69) is 195 Å². The molecule has 0 unspecified atom stereocenters. The van der Waals surface area contributed by atoms with Crippen molar-refractivity contribution in [1.29, 1.82) is 0 Å². The van der Waals surface area contributed by atoms with Gasteiger partial charge in [-0.2, -0.15) is 18.3 Å². The summed E-state index contributed by atoms with van der Waals surface area (Å²) in [6.07, 6.45) is -0.970. The third-order valence-electron chi connectivity index (χ3n) is 10.1. The second-order valence-electron chi connectivity index (χ2n) is 14.0. The van der Waals surface area contributed by atoms with E-state index in [4.69, 9.17) is 0 Å². The number of hydrogen-bond donors (Lipinski definition) is 1. The van der Waals surface area contributed by atoms with Gasteiger partial charge in [-0.1, -0.05) is 181 Å². The van der Waals surface area contributed by atoms with E-state index in [1.165, 1.54) is 39.6 Å². The third kappa shape index (κ3) is 8.79. The predicted octanol–water partition coefficient (Wildman–Crippen LogP) is 11.2. The van der Waals surface area contributed by atoms with Crippen LogP contribution in [-0.2, 0) is 32.7 Å². The normalized spacial score (nSPS) is 11.3. The van der Waals surface area contributed by atoms with Crippen LogP contribution in [0.1, 0.15) is 50.8 Å². The Morgan fingerprint density at radius 1 is 0.567 bits per heavy atom. The molecule has 298 valence electrons. The molecule has 0 aliphatic rings. The molecule has 0 aliphatic heterocycles. The number of benzene rings is 6. The fourth-order valence-corrected chi connectivity index (χ4v) is 7.42. The number of hydrogen-bond acceptors (Lipinski definition) is 5. The Morgan fingerprint density at radius 2 is 1.03 bits per heavy atom. The Bertz CT molecular complexity index is 2570. The summed E-state index contributed by atoms with van der Waals surface area (Å²) in [7, 11) is 0. The predicted molar refractivity (Wildman–Crippen MR) is 223 cm³/mol. The van der Waals surface area contributed by atoms with Crippen LogP contribution in [0.25, 0.3) is 22.8 Å². The zero-order valence-electron chi connectivity index (χ0n) is 32.3. The Hall–Kier alpha value is -6.77. The van der Waals surface area contributed by atoms with Crippen LogP contribution < -0.4 is 0 Å². The maximum Gasteiger partial charge on any atom is 2.00 e. The second-order valence-corrected chi connectivity index (χ2v) is 14.0. The first-order valence-electron chi connectivity index (χ1n) is 19.0. The number of aromatic amines is 1. The summed E-state index contributed by atoms with van der Waals surface area (Å²) in [5, 5.41) is 14.6. The van der Waals surface area contributed by atoms with E-state index < -0.39 is 17.4 Å². The number of aromatic nitrogens is 7. The van der Waals surface area contributed by atoms with Gasteiger partial charge in [-0.3, -0.25) is 10.1 Å². The monoisotopic (exact) mass is 976 g/mol. The largest absolute Gasteiger partial charge is 2.00 e. The van der Waals surface area contributed by atoms with E-state index in [0.29, 0.717) is 5.69 Å². The number of H-pyrrole nitrogens is 1. The van der Waals surface area contributed by atoms with Crippen LogP contribution in [0.5, 0.6) is 0 Å². The molecule has 7 nitrogen and oxygen atoms in total. The van der Waals surface area contributed by atoms with Crippen LogP contribution in [0.3, 0.4) is 0 Å². The molecule has 3 heterocycles. The topological polar surface area (TPSA) is 85.2 Å². The first-order chi connectivity index (χ1) is 28.8. The van der Waals surface area contributed by atoms with Gasteiger partial charge < -0.3 is 0 Å². The van der Waals surface area contributed by atoms with Gasteiger partial charge in [0.15, 0.2) is 5.82 Å². The summed E-state index contributed by atoms with van der Waals surface area (Å²) in [5.74, 6) is -1.18. The Labute approximate surface area is 360 Å². The summed E-state index contributed by atoms with van der Waals surface area (Å²) >= 11 is 0. The molecule has 11 heteroatoms. The van der Waals surface area contributed by atoms with Crippen molar-refractivity contribution in [2.45, 2.75) is 24.6 Å². The van der Waals surface area contributed by atoms with E-state index in [-0.39, 0.29) is 32.9 Å². The van der Waals surface area contributed by atoms with Gasteiger partial charge in [0.25, 0.3) is 0 Å². The second kappa shape index (κ2) is 18.4. The molecular weight excluding hydrogens is 939 g/mol. The van der Waals surface area contributed by atoms with Crippen LogP contribution >= 0.6 is 0 Å². The van der Waals surface area contributed by atoms with Gasteiger partial charge in [0.1, 0.15) is 17.4 Å². The van der Waals surface area contributed by atoms with Crippen molar-refractivity contribution in [1.82, 2.24) is 35.2 Å². The molecule has 0 spiro atoms. The number of pyridine rings is 1. The summed E-state index contributed by atoms with van der Waals surface area (Å²) in [6, 6.07) is 65.4. The van der Waals surface area contributed by atoms with Gasteiger partial charge in [0, 0.05) is 11.8 Å². The Balaban J connectivity index is 0.000000270. The number of nitrogens with zero attached hydrogens (tertiary/aromatic N) is 6. The SMILES string of the molecule is Cc1ccnc(-c2n[nH]c(C(F)(F)F)n2)c1.[Pt+2].c1ccc(C(c2ccccc2)n2cc(-c3ccc(C(c4ccccc4)(c4ccccc4)c4ccccc4)cc3)nn2)cc1. The van der Waals surface area contributed by atoms with E-state index in [1.54, 1.807) is 12.1 Å². The van der Waals surface area contributed by atoms with Crippen LogP contribution in [0.4, 0.5) is 13.2 Å². The molecule has 9 rings (SSSR count). The van der Waals surface area contributed by atoms with Crippen molar-refractivity contribution < 1.29 is 34.2 Å². The van der Waals surface area contributed by atoms with Crippen LogP contribution in [0.15, 0.2) is 200 Å². The van der Waals surface area contributed by atoms with E-state index in [9.17, 15) is 13.2 Å². The minimum absolute atomic E-state index is 0. The average Bonchev–Trinajstić information content (AvgIpc) is 3.99. The number of alkyl halides is 3. The maximum absolute atomic E-state index is 12.2. The van der Waals surface area contributed by atoms with E-state index >= 15 is 0 Å². The molecule has 60 heavy (non-hydrogen) atoms. The first-order valence-corrected chi connectivity index (χ1v) is 19.0. The molecule has 6 aromatic carbocycles. The molecule has 0 radical (unpaired) electrons. The molecule has 0 amide bonds. The van der Waals surface area contributed by atoms with Crippen molar-refractivity contribution >= 4 is 0 Å². The van der Waals surface area contributed by atoms with Gasteiger partial charge in [0.2, 0.25) is 5.82 Å². The zero-order valence-corrected chi connectivity index (χ0v) is 34.5. The molecule has 0 saturated carbocycles. The van der Waals surface area contributed by atoms with Crippen molar-refractivity contribution in [3.63, 3.8) is 0 Å². The van der Waals surface area contributed by atoms with Crippen LogP contribution in [0.2, 0.25) is 0 Å². The molecular formula is C49H38F3N7Pt+2. The number of aryl methyl sites for hydroxylation is 1. The number of rotatable bonds is 9. The first kappa shape index (κ1) is 41.4. The van der Waals surface area contributed by atoms with Gasteiger partial charge in [0.05, 0.1) is 11.6 Å². The maximum atomic E-state index is 12.2. The molecule has 0 bridgehead atoms. The van der Waals surface area contributed by atoms with Crippen molar-refractivity contribution in [2.24, 2.45) is 0 Å². The van der Waals surface area contributed by atoms with Gasteiger partial charge in [-0.15, -0.1) is 5.10 Å². The summed E-state index contributed by atoms with van der Waals surface area (Å²) in [5.41, 5.74) is 9.77. The quantitative estimate of drug-likeness (QED) is 0.146. The summed E-state index contributed by atoms with van der Waals surface area (Å²) in [6.45, 7) is 1.81. The van der Waals surface area contributed by atoms with E-state index in [1.807, 2.05) is 28.8 Å². The molecule has 0 atom stereocenters. The molecule has 0 saturated heterocycles. The Morgan fingerprint density at radius 3 is 1.48 bits per heavy atom. The minimum atomic E-state index is -4.52. The third-order valence-corrected chi connectivity index (χ3v) is 10.1. The minimum Gasteiger partial charge on any atom is -0.255 e. The van der Waals surface area contributed by atoms with Gasteiger partial charge in [-0.05, 0) is 58.0 Å². The van der Waals surface area contributed by atoms with E-state index in [0.717, 1.165) is 16.8 Å². The molecule has 0 aliphatic carbocycles. The zero-order chi connectivity index (χ0) is 40.7. The molecule has 0 fully saturated rings. The number of nitrogens with one attached hydrogen (secondary N) is 1. The Kier molecular flexibility index (Phi) is 12.7. The summed E-state index contributed by atoms with van der Waals surface area (Å²) in [4.78, 5) is 7.23. The van der Waals surface area contributed by atoms with Crippen molar-refractivity contribution in [3.8, 4) is 22.8 Å². The van der Waals surface area contributed by atoms with Crippen molar-refractivity contribution in [2.75, 3.05) is 0 Å². The smallest absolute Gasteiger partial charge is 0.255 e. The molecule has 9 aromatic rings. The van der Waals surface area contributed by atoms with Crippen LogP contribution in [-0.4, -0.2) is 35.2 Å². The van der Waals surface area contributed by atoms with Crippen LogP contribution in [0, 0.1) is 6.92 Å². The number of halogens is 3. The van der Waals surface area contributed by atoms with Crippen molar-refractivity contribution in [3.05, 3.63) is 245 Å². The molecule has 3 aromatic heterocycles. The molecule has 1 N–H and O–H groups in total. The average molecular weight is 977 g/mol. The van der Waals surface area contributed by atoms with Gasteiger partial charge >= 0.3 is 27.2 Å².